The lowest BCUT2D eigenvalue weighted by molar-refractivity contribution is -0.146. The van der Waals surface area contributed by atoms with Gasteiger partial charge in [-0.3, -0.25) is 14.4 Å². The molecule has 0 bridgehead atoms. The van der Waals surface area contributed by atoms with Gasteiger partial charge in [0.15, 0.2) is 0 Å². The number of carbonyl (C=O) groups is 3. The van der Waals surface area contributed by atoms with Crippen LogP contribution in [0.3, 0.4) is 0 Å². The molecule has 2 heterocycles. The van der Waals surface area contributed by atoms with Crippen LogP contribution in [0.25, 0.3) is 0 Å². The van der Waals surface area contributed by atoms with Gasteiger partial charge in [-0.2, -0.15) is 0 Å². The molecule has 0 radical (unpaired) electrons. The van der Waals surface area contributed by atoms with Gasteiger partial charge in [0.05, 0.1) is 18.9 Å². The molecule has 0 aromatic heterocycles. The lowest BCUT2D eigenvalue weighted by atomic mass is 9.96. The van der Waals surface area contributed by atoms with Crippen LogP contribution < -0.4 is 9.64 Å². The molecule has 2 aliphatic rings. The number of rotatable bonds is 4. The van der Waals surface area contributed by atoms with Crippen LogP contribution >= 0.6 is 0 Å². The number of methoxy groups -OCH3 is 1. The molecule has 2 aliphatic heterocycles. The fourth-order valence-corrected chi connectivity index (χ4v) is 3.52. The van der Waals surface area contributed by atoms with Crippen molar-refractivity contribution in [1.29, 1.82) is 0 Å². The third-order valence-electron chi connectivity index (χ3n) is 4.94. The minimum Gasteiger partial charge on any atom is -0.497 e. The number of anilines is 1. The Labute approximate surface area is 146 Å². The van der Waals surface area contributed by atoms with E-state index in [2.05, 4.69) is 0 Å². The van der Waals surface area contributed by atoms with Gasteiger partial charge in [-0.1, -0.05) is 0 Å². The number of hydrogen-bond acceptors (Lipinski definition) is 4. The van der Waals surface area contributed by atoms with E-state index >= 15 is 0 Å². The van der Waals surface area contributed by atoms with Crippen LogP contribution in [0.15, 0.2) is 24.3 Å². The Morgan fingerprint density at radius 2 is 1.88 bits per heavy atom. The number of piperidine rings is 1. The Hall–Kier alpha value is -2.57. The maximum Gasteiger partial charge on any atom is 0.308 e. The van der Waals surface area contributed by atoms with Crippen molar-refractivity contribution in [3.05, 3.63) is 24.3 Å². The molecule has 7 nitrogen and oxygen atoms in total. The number of carboxylic acids is 1. The normalized spacial score (nSPS) is 23.6. The summed E-state index contributed by atoms with van der Waals surface area (Å²) >= 11 is 0. The van der Waals surface area contributed by atoms with Crippen LogP contribution in [0.1, 0.15) is 19.3 Å². The molecule has 134 valence electrons. The summed E-state index contributed by atoms with van der Waals surface area (Å²) in [6.45, 7) is 1.13. The van der Waals surface area contributed by atoms with Gasteiger partial charge in [-0.15, -0.1) is 0 Å². The highest BCUT2D eigenvalue weighted by atomic mass is 16.5. The van der Waals surface area contributed by atoms with E-state index in [4.69, 9.17) is 9.84 Å². The minimum absolute atomic E-state index is 0.0877. The summed E-state index contributed by atoms with van der Waals surface area (Å²) < 4.78 is 5.11. The van der Waals surface area contributed by atoms with Crippen LogP contribution in [0.2, 0.25) is 0 Å². The van der Waals surface area contributed by atoms with Crippen molar-refractivity contribution >= 4 is 23.5 Å². The summed E-state index contributed by atoms with van der Waals surface area (Å²) in [6.07, 6.45) is 1.45. The number of hydrogen-bond donors (Lipinski definition) is 1. The summed E-state index contributed by atoms with van der Waals surface area (Å²) in [5.74, 6) is -1.28. The zero-order valence-electron chi connectivity index (χ0n) is 14.2. The zero-order valence-corrected chi connectivity index (χ0v) is 14.2. The average Bonchev–Trinajstić information content (AvgIpc) is 3.03. The highest BCUT2D eigenvalue weighted by Gasteiger charge is 2.39. The predicted octanol–water partition coefficient (Wildman–Crippen LogP) is 1.37. The van der Waals surface area contributed by atoms with Crippen molar-refractivity contribution in [2.24, 2.45) is 11.8 Å². The van der Waals surface area contributed by atoms with E-state index < -0.39 is 17.8 Å². The average molecular weight is 346 g/mol. The molecule has 0 saturated carbocycles. The van der Waals surface area contributed by atoms with E-state index in [0.717, 1.165) is 5.69 Å². The molecule has 2 saturated heterocycles. The van der Waals surface area contributed by atoms with E-state index in [9.17, 15) is 14.4 Å². The Bertz CT molecular complexity index is 673. The second kappa shape index (κ2) is 7.13. The number of carboxylic acid groups (broad SMARTS) is 1. The van der Waals surface area contributed by atoms with Gasteiger partial charge >= 0.3 is 5.97 Å². The van der Waals surface area contributed by atoms with E-state index in [1.54, 1.807) is 41.2 Å². The number of likely N-dealkylation sites (tertiary alicyclic amines) is 1. The van der Waals surface area contributed by atoms with Crippen LogP contribution in [0.4, 0.5) is 5.69 Å². The quantitative estimate of drug-likeness (QED) is 0.890. The number of benzene rings is 1. The van der Waals surface area contributed by atoms with Gasteiger partial charge in [-0.05, 0) is 37.1 Å². The van der Waals surface area contributed by atoms with Crippen molar-refractivity contribution < 1.29 is 24.2 Å². The lowest BCUT2D eigenvalue weighted by Gasteiger charge is -2.32. The fourth-order valence-electron chi connectivity index (χ4n) is 3.52. The van der Waals surface area contributed by atoms with Crippen molar-refractivity contribution in [2.45, 2.75) is 19.3 Å². The van der Waals surface area contributed by atoms with E-state index in [1.165, 1.54) is 0 Å². The van der Waals surface area contributed by atoms with Gasteiger partial charge in [0.2, 0.25) is 11.8 Å². The summed E-state index contributed by atoms with van der Waals surface area (Å²) in [5.41, 5.74) is 0.739. The summed E-state index contributed by atoms with van der Waals surface area (Å²) in [7, 11) is 1.58. The zero-order chi connectivity index (χ0) is 18.0. The molecular formula is C18H22N2O5. The molecule has 2 amide bonds. The van der Waals surface area contributed by atoms with Gasteiger partial charge in [0, 0.05) is 31.7 Å². The molecule has 7 heteroatoms. The first-order chi connectivity index (χ1) is 12.0. The minimum atomic E-state index is -0.861. The standard InChI is InChI=1S/C18H22N2O5/c1-25-15-6-4-14(5-7-15)20-11-13(9-16(20)21)17(22)19-8-2-3-12(10-19)18(23)24/h4-7,12-13H,2-3,8-11H2,1H3,(H,23,24)/t12-,13+/m1/s1. The van der Waals surface area contributed by atoms with Gasteiger partial charge < -0.3 is 19.6 Å². The fraction of sp³-hybridized carbons (Fsp3) is 0.500. The summed E-state index contributed by atoms with van der Waals surface area (Å²) in [5, 5.41) is 9.17. The van der Waals surface area contributed by atoms with Crippen molar-refractivity contribution in [2.75, 3.05) is 31.6 Å². The van der Waals surface area contributed by atoms with Crippen molar-refractivity contribution in [3.8, 4) is 5.75 Å². The Balaban J connectivity index is 1.66. The molecule has 0 aliphatic carbocycles. The largest absolute Gasteiger partial charge is 0.497 e. The summed E-state index contributed by atoms with van der Waals surface area (Å²) in [6, 6.07) is 7.15. The Kier molecular flexibility index (Phi) is 4.92. The number of nitrogens with zero attached hydrogens (tertiary/aromatic N) is 2. The molecular weight excluding hydrogens is 324 g/mol. The monoisotopic (exact) mass is 346 g/mol. The number of ether oxygens (including phenoxy) is 1. The van der Waals surface area contributed by atoms with Gasteiger partial charge in [-0.25, -0.2) is 0 Å². The number of amides is 2. The highest BCUT2D eigenvalue weighted by molar-refractivity contribution is 6.00. The lowest BCUT2D eigenvalue weighted by Crippen LogP contribution is -2.45. The molecule has 1 aromatic rings. The van der Waals surface area contributed by atoms with E-state index in [0.29, 0.717) is 31.7 Å². The third-order valence-corrected chi connectivity index (χ3v) is 4.94. The topological polar surface area (TPSA) is 87.2 Å². The second-order valence-corrected chi connectivity index (χ2v) is 6.57. The number of carbonyl (C=O) groups excluding carboxylic acids is 2. The third kappa shape index (κ3) is 3.60. The molecule has 1 aromatic carbocycles. The molecule has 0 unspecified atom stereocenters. The summed E-state index contributed by atoms with van der Waals surface area (Å²) in [4.78, 5) is 39.4. The molecule has 2 atom stereocenters. The molecule has 25 heavy (non-hydrogen) atoms. The smallest absolute Gasteiger partial charge is 0.308 e. The first-order valence-corrected chi connectivity index (χ1v) is 8.45. The Morgan fingerprint density at radius 1 is 1.16 bits per heavy atom. The van der Waals surface area contributed by atoms with Crippen molar-refractivity contribution in [1.82, 2.24) is 4.90 Å². The molecule has 2 fully saturated rings. The molecule has 1 N–H and O–H groups in total. The van der Waals surface area contributed by atoms with Crippen LogP contribution in [0.5, 0.6) is 5.75 Å². The van der Waals surface area contributed by atoms with Crippen LogP contribution in [0, 0.1) is 11.8 Å². The van der Waals surface area contributed by atoms with Crippen LogP contribution in [-0.4, -0.2) is 54.5 Å². The maximum absolute atomic E-state index is 12.7. The molecule has 3 rings (SSSR count). The highest BCUT2D eigenvalue weighted by Crippen LogP contribution is 2.29. The first-order valence-electron chi connectivity index (χ1n) is 8.45. The molecule has 0 spiro atoms. The van der Waals surface area contributed by atoms with Gasteiger partial charge in [0.1, 0.15) is 5.75 Å². The second-order valence-electron chi connectivity index (χ2n) is 6.57. The predicted molar refractivity (Wildman–Crippen MR) is 90.4 cm³/mol. The Morgan fingerprint density at radius 3 is 2.52 bits per heavy atom. The SMILES string of the molecule is COc1ccc(N2C[C@@H](C(=O)N3CCC[C@@H](C(=O)O)C3)CC2=O)cc1. The van der Waals surface area contributed by atoms with Crippen LogP contribution in [-0.2, 0) is 14.4 Å². The van der Waals surface area contributed by atoms with Crippen molar-refractivity contribution in [3.63, 3.8) is 0 Å². The van der Waals surface area contributed by atoms with E-state index in [1.807, 2.05) is 0 Å². The first kappa shape index (κ1) is 17.3. The van der Waals surface area contributed by atoms with Gasteiger partial charge in [0.25, 0.3) is 0 Å². The van der Waals surface area contributed by atoms with E-state index in [-0.39, 0.29) is 24.8 Å². The maximum atomic E-state index is 12.7. The number of aliphatic carboxylic acids is 1.